The average Bonchev–Trinajstić information content (AvgIpc) is 3.08. The lowest BCUT2D eigenvalue weighted by Crippen LogP contribution is -2.33. The monoisotopic (exact) mass is 316 g/mol. The second kappa shape index (κ2) is 8.34. The number of benzene rings is 1. The van der Waals surface area contributed by atoms with Gasteiger partial charge in [-0.25, -0.2) is 0 Å². The first-order valence-electron chi connectivity index (χ1n) is 7.26. The van der Waals surface area contributed by atoms with Crippen LogP contribution in [0.1, 0.15) is 22.5 Å². The minimum Gasteiger partial charge on any atom is -0.373 e. The summed E-state index contributed by atoms with van der Waals surface area (Å²) in [5.74, 6) is -0.0436. The second-order valence-electron chi connectivity index (χ2n) is 5.01. The van der Waals surface area contributed by atoms with Gasteiger partial charge in [0, 0.05) is 38.7 Å². The van der Waals surface area contributed by atoms with Gasteiger partial charge in [-0.1, -0.05) is 24.3 Å². The van der Waals surface area contributed by atoms with E-state index in [4.69, 9.17) is 0 Å². The molecule has 0 radical (unpaired) electrons. The first kappa shape index (κ1) is 16.2. The number of rotatable bonds is 8. The molecule has 116 valence electrons. The van der Waals surface area contributed by atoms with Crippen molar-refractivity contribution in [3.05, 3.63) is 52.7 Å². The van der Waals surface area contributed by atoms with Gasteiger partial charge in [-0.2, -0.15) is 0 Å². The van der Waals surface area contributed by atoms with Gasteiger partial charge in [0.25, 0.3) is 0 Å². The number of nitrogens with one attached hydrogen (secondary N) is 1. The Balaban J connectivity index is 1.65. The number of hydrogen-bond donors (Lipinski definition) is 1. The van der Waals surface area contributed by atoms with Gasteiger partial charge >= 0.3 is 0 Å². The largest absolute Gasteiger partial charge is 0.373 e. The number of hydrogen-bond acceptors (Lipinski definition) is 4. The molecule has 1 amide bonds. The molecule has 0 saturated heterocycles. The van der Waals surface area contributed by atoms with Crippen molar-refractivity contribution in [2.75, 3.05) is 25.0 Å². The minimum absolute atomic E-state index is 0.0338. The number of ketones is 1. The van der Waals surface area contributed by atoms with E-state index < -0.39 is 0 Å². The summed E-state index contributed by atoms with van der Waals surface area (Å²) in [6.07, 6.45) is 0.507. The zero-order valence-corrected chi connectivity index (χ0v) is 13.4. The number of anilines is 1. The lowest BCUT2D eigenvalue weighted by molar-refractivity contribution is -0.120. The zero-order chi connectivity index (χ0) is 15.8. The van der Waals surface area contributed by atoms with Crippen molar-refractivity contribution in [1.29, 1.82) is 0 Å². The second-order valence-corrected chi connectivity index (χ2v) is 5.96. The quantitative estimate of drug-likeness (QED) is 0.762. The van der Waals surface area contributed by atoms with Crippen LogP contribution in [0.2, 0.25) is 0 Å². The van der Waals surface area contributed by atoms with Gasteiger partial charge in [-0.05, 0) is 23.6 Å². The SMILES string of the molecule is CN(CCNC(=O)CCC(=O)c1cccs1)c1ccccc1. The third-order valence-corrected chi connectivity index (χ3v) is 4.25. The van der Waals surface area contributed by atoms with Crippen LogP contribution in [0.3, 0.4) is 0 Å². The summed E-state index contributed by atoms with van der Waals surface area (Å²) >= 11 is 1.41. The number of Topliss-reactive ketones (excluding diaryl/α,β-unsaturated/α-hetero) is 1. The van der Waals surface area contributed by atoms with Crippen molar-refractivity contribution in [1.82, 2.24) is 5.32 Å². The van der Waals surface area contributed by atoms with Gasteiger partial charge in [0.05, 0.1) is 4.88 Å². The highest BCUT2D eigenvalue weighted by molar-refractivity contribution is 7.12. The summed E-state index contributed by atoms with van der Waals surface area (Å²) in [4.78, 5) is 26.4. The molecule has 0 spiro atoms. The third kappa shape index (κ3) is 5.00. The summed E-state index contributed by atoms with van der Waals surface area (Å²) in [7, 11) is 1.99. The zero-order valence-electron chi connectivity index (χ0n) is 12.6. The van der Waals surface area contributed by atoms with E-state index in [0.717, 1.165) is 17.1 Å². The molecule has 0 aliphatic heterocycles. The fourth-order valence-corrected chi connectivity index (χ4v) is 2.74. The van der Waals surface area contributed by atoms with Gasteiger partial charge in [0.1, 0.15) is 0 Å². The minimum atomic E-state index is -0.0774. The molecule has 0 fully saturated rings. The Morgan fingerprint density at radius 2 is 1.86 bits per heavy atom. The Kier molecular flexibility index (Phi) is 6.15. The highest BCUT2D eigenvalue weighted by Gasteiger charge is 2.10. The van der Waals surface area contributed by atoms with Crippen molar-refractivity contribution < 1.29 is 9.59 Å². The van der Waals surface area contributed by atoms with Gasteiger partial charge in [0.15, 0.2) is 5.78 Å². The van der Waals surface area contributed by atoms with Gasteiger partial charge < -0.3 is 10.2 Å². The van der Waals surface area contributed by atoms with Crippen LogP contribution in [0, 0.1) is 0 Å². The van der Waals surface area contributed by atoms with E-state index >= 15 is 0 Å². The lowest BCUT2D eigenvalue weighted by Gasteiger charge is -2.19. The molecule has 22 heavy (non-hydrogen) atoms. The number of carbonyl (C=O) groups excluding carboxylic acids is 2. The molecular formula is C17H20N2O2S. The summed E-state index contributed by atoms with van der Waals surface area (Å²) in [6.45, 7) is 1.30. The van der Waals surface area contributed by atoms with Crippen molar-refractivity contribution in [3.8, 4) is 0 Å². The molecule has 2 rings (SSSR count). The summed E-state index contributed by atoms with van der Waals surface area (Å²) in [5, 5.41) is 4.72. The maximum absolute atomic E-state index is 11.8. The Hall–Kier alpha value is -2.14. The maximum atomic E-state index is 11.8. The molecule has 1 N–H and O–H groups in total. The van der Waals surface area contributed by atoms with Crippen molar-refractivity contribution >= 4 is 28.7 Å². The summed E-state index contributed by atoms with van der Waals surface area (Å²) < 4.78 is 0. The fourth-order valence-electron chi connectivity index (χ4n) is 2.05. The van der Waals surface area contributed by atoms with E-state index in [9.17, 15) is 9.59 Å². The molecule has 0 atom stereocenters. The fraction of sp³-hybridized carbons (Fsp3) is 0.294. The third-order valence-electron chi connectivity index (χ3n) is 3.34. The number of likely N-dealkylation sites (N-methyl/N-ethyl adjacent to an activating group) is 1. The molecule has 0 bridgehead atoms. The molecule has 2 aromatic rings. The van der Waals surface area contributed by atoms with Crippen LogP contribution in [0.25, 0.3) is 0 Å². The van der Waals surface area contributed by atoms with Crippen molar-refractivity contribution in [3.63, 3.8) is 0 Å². The molecule has 1 heterocycles. The Morgan fingerprint density at radius 3 is 2.55 bits per heavy atom. The Morgan fingerprint density at radius 1 is 1.09 bits per heavy atom. The molecule has 0 saturated carbocycles. The summed E-state index contributed by atoms with van der Waals surface area (Å²) in [5.41, 5.74) is 1.12. The average molecular weight is 316 g/mol. The Bertz CT molecular complexity index is 596. The van der Waals surface area contributed by atoms with E-state index in [1.54, 1.807) is 6.07 Å². The molecule has 1 aromatic heterocycles. The van der Waals surface area contributed by atoms with Crippen LogP contribution >= 0.6 is 11.3 Å². The van der Waals surface area contributed by atoms with Gasteiger partial charge in [0.2, 0.25) is 5.91 Å². The van der Waals surface area contributed by atoms with E-state index in [-0.39, 0.29) is 24.5 Å². The molecule has 4 nitrogen and oxygen atoms in total. The first-order valence-corrected chi connectivity index (χ1v) is 8.14. The topological polar surface area (TPSA) is 49.4 Å². The number of para-hydroxylation sites is 1. The normalized spacial score (nSPS) is 10.2. The van der Waals surface area contributed by atoms with Crippen LogP contribution in [0.5, 0.6) is 0 Å². The highest BCUT2D eigenvalue weighted by Crippen LogP contribution is 2.12. The lowest BCUT2D eigenvalue weighted by atomic mass is 10.2. The Labute approximate surface area is 134 Å². The molecule has 1 aromatic carbocycles. The maximum Gasteiger partial charge on any atom is 0.220 e. The number of thiophene rings is 1. The smallest absolute Gasteiger partial charge is 0.220 e. The molecule has 0 aliphatic rings. The summed E-state index contributed by atoms with van der Waals surface area (Å²) in [6, 6.07) is 13.6. The highest BCUT2D eigenvalue weighted by atomic mass is 32.1. The molecule has 5 heteroatoms. The van der Waals surface area contributed by atoms with E-state index in [2.05, 4.69) is 10.2 Å². The van der Waals surface area contributed by atoms with Gasteiger partial charge in [-0.3, -0.25) is 9.59 Å². The van der Waals surface area contributed by atoms with Crippen LogP contribution < -0.4 is 10.2 Å². The standard InChI is InChI=1S/C17H20N2O2S/c1-19(14-6-3-2-4-7-14)12-11-18-17(21)10-9-15(20)16-8-5-13-22-16/h2-8,13H,9-12H2,1H3,(H,18,21). The van der Waals surface area contributed by atoms with E-state index in [0.29, 0.717) is 6.54 Å². The van der Waals surface area contributed by atoms with Crippen LogP contribution in [0.15, 0.2) is 47.8 Å². The number of nitrogens with zero attached hydrogens (tertiary/aromatic N) is 1. The number of carbonyl (C=O) groups is 2. The molecule has 0 unspecified atom stereocenters. The van der Waals surface area contributed by atoms with Crippen molar-refractivity contribution in [2.24, 2.45) is 0 Å². The molecule has 0 aliphatic carbocycles. The van der Waals surface area contributed by atoms with Gasteiger partial charge in [-0.15, -0.1) is 11.3 Å². The van der Waals surface area contributed by atoms with Crippen molar-refractivity contribution in [2.45, 2.75) is 12.8 Å². The molecular weight excluding hydrogens is 296 g/mol. The number of amides is 1. The predicted molar refractivity (Wildman–Crippen MR) is 90.6 cm³/mol. The van der Waals surface area contributed by atoms with Crippen LogP contribution in [-0.2, 0) is 4.79 Å². The van der Waals surface area contributed by atoms with Crippen LogP contribution in [-0.4, -0.2) is 31.8 Å². The predicted octanol–water partition coefficient (Wildman–Crippen LogP) is 2.96. The van der Waals surface area contributed by atoms with E-state index in [1.807, 2.05) is 48.8 Å². The van der Waals surface area contributed by atoms with Crippen LogP contribution in [0.4, 0.5) is 5.69 Å². The van der Waals surface area contributed by atoms with E-state index in [1.165, 1.54) is 11.3 Å². The first-order chi connectivity index (χ1) is 10.7.